The molecule has 5 nitrogen and oxygen atoms in total. The minimum Gasteiger partial charge on any atom is -0.431 e. The highest BCUT2D eigenvalue weighted by Gasteiger charge is 2.39. The largest absolute Gasteiger partial charge is 0.508 e. The van der Waals surface area contributed by atoms with Gasteiger partial charge in [0.1, 0.15) is 25.5 Å². The number of hydrogen-bond acceptors (Lipinski definition) is 5. The van der Waals surface area contributed by atoms with E-state index in [1.807, 2.05) is 37.3 Å². The first kappa shape index (κ1) is 12.9. The standard InChI is InChI=1S/C13H17NO4/c1-2-14-12-11(18-12)9-17-13(15)16-8-10-6-4-3-5-7-10/h3-7,11-12,14H,2,8-9H2,1H3. The minimum atomic E-state index is -0.662. The Morgan fingerprint density at radius 2 is 2.11 bits per heavy atom. The predicted molar refractivity (Wildman–Crippen MR) is 64.9 cm³/mol. The summed E-state index contributed by atoms with van der Waals surface area (Å²) < 4.78 is 15.1. The Bertz CT molecular complexity index is 382. The fourth-order valence-corrected chi connectivity index (χ4v) is 1.56. The Morgan fingerprint density at radius 1 is 1.33 bits per heavy atom. The van der Waals surface area contributed by atoms with Gasteiger partial charge in [0.15, 0.2) is 0 Å². The maximum Gasteiger partial charge on any atom is 0.508 e. The molecule has 0 aliphatic carbocycles. The lowest BCUT2D eigenvalue weighted by Gasteiger charge is -2.05. The lowest BCUT2D eigenvalue weighted by Crippen LogP contribution is -2.21. The van der Waals surface area contributed by atoms with Gasteiger partial charge >= 0.3 is 6.16 Å². The maximum atomic E-state index is 11.3. The summed E-state index contributed by atoms with van der Waals surface area (Å²) in [5, 5.41) is 3.10. The highest BCUT2D eigenvalue weighted by Crippen LogP contribution is 2.19. The van der Waals surface area contributed by atoms with Gasteiger partial charge in [0, 0.05) is 0 Å². The van der Waals surface area contributed by atoms with E-state index in [-0.39, 0.29) is 25.5 Å². The monoisotopic (exact) mass is 251 g/mol. The molecule has 2 atom stereocenters. The highest BCUT2D eigenvalue weighted by molar-refractivity contribution is 5.59. The normalized spacial score (nSPS) is 21.4. The smallest absolute Gasteiger partial charge is 0.431 e. The summed E-state index contributed by atoms with van der Waals surface area (Å²) >= 11 is 0. The fourth-order valence-electron chi connectivity index (χ4n) is 1.56. The van der Waals surface area contributed by atoms with Gasteiger partial charge in [-0.15, -0.1) is 0 Å². The summed E-state index contributed by atoms with van der Waals surface area (Å²) in [6.07, 6.45) is -0.698. The lowest BCUT2D eigenvalue weighted by atomic mass is 10.2. The van der Waals surface area contributed by atoms with Gasteiger partial charge in [-0.2, -0.15) is 0 Å². The third kappa shape index (κ3) is 4.01. The molecule has 18 heavy (non-hydrogen) atoms. The fraction of sp³-hybridized carbons (Fsp3) is 0.462. The third-order valence-corrected chi connectivity index (χ3v) is 2.55. The molecule has 1 aromatic carbocycles. The Kier molecular flexibility index (Phi) is 4.55. The summed E-state index contributed by atoms with van der Waals surface area (Å²) in [7, 11) is 0. The molecule has 0 radical (unpaired) electrons. The highest BCUT2D eigenvalue weighted by atomic mass is 16.7. The van der Waals surface area contributed by atoms with E-state index in [0.29, 0.717) is 0 Å². The van der Waals surface area contributed by atoms with Gasteiger partial charge < -0.3 is 14.2 Å². The number of carbonyl (C=O) groups excluding carboxylic acids is 1. The Morgan fingerprint density at radius 3 is 2.83 bits per heavy atom. The van der Waals surface area contributed by atoms with Crippen molar-refractivity contribution in [3.8, 4) is 0 Å². The number of epoxide rings is 1. The molecule has 1 aliphatic heterocycles. The molecule has 0 bridgehead atoms. The second-order valence-electron chi connectivity index (χ2n) is 3.99. The molecule has 2 unspecified atom stereocenters. The van der Waals surface area contributed by atoms with E-state index in [1.54, 1.807) is 0 Å². The molecule has 98 valence electrons. The molecule has 1 aliphatic rings. The second kappa shape index (κ2) is 6.37. The summed E-state index contributed by atoms with van der Waals surface area (Å²) in [5.74, 6) is 0. The van der Waals surface area contributed by atoms with Crippen LogP contribution in [0.25, 0.3) is 0 Å². The number of ether oxygens (including phenoxy) is 3. The molecule has 1 aromatic rings. The van der Waals surface area contributed by atoms with E-state index in [4.69, 9.17) is 14.2 Å². The van der Waals surface area contributed by atoms with Crippen LogP contribution >= 0.6 is 0 Å². The molecular formula is C13H17NO4. The van der Waals surface area contributed by atoms with Crippen molar-refractivity contribution >= 4 is 6.16 Å². The van der Waals surface area contributed by atoms with Crippen molar-refractivity contribution in [2.45, 2.75) is 25.9 Å². The molecule has 1 saturated heterocycles. The summed E-state index contributed by atoms with van der Waals surface area (Å²) in [5.41, 5.74) is 0.933. The number of nitrogens with one attached hydrogen (secondary N) is 1. The van der Waals surface area contributed by atoms with Crippen LogP contribution < -0.4 is 5.32 Å². The summed E-state index contributed by atoms with van der Waals surface area (Å²) in [6.45, 7) is 3.28. The Labute approximate surface area is 106 Å². The van der Waals surface area contributed by atoms with Gasteiger partial charge in [-0.25, -0.2) is 4.79 Å². The first-order valence-electron chi connectivity index (χ1n) is 6.02. The van der Waals surface area contributed by atoms with Crippen LogP contribution in [0, 0.1) is 0 Å². The zero-order valence-corrected chi connectivity index (χ0v) is 10.3. The van der Waals surface area contributed by atoms with Crippen molar-refractivity contribution in [2.75, 3.05) is 13.2 Å². The van der Waals surface area contributed by atoms with Crippen molar-refractivity contribution < 1.29 is 19.0 Å². The average Bonchev–Trinajstić information content (AvgIpc) is 3.14. The molecule has 0 aromatic heterocycles. The van der Waals surface area contributed by atoms with E-state index in [2.05, 4.69) is 5.32 Å². The van der Waals surface area contributed by atoms with Crippen molar-refractivity contribution in [1.29, 1.82) is 0 Å². The van der Waals surface area contributed by atoms with Crippen molar-refractivity contribution in [1.82, 2.24) is 5.32 Å². The summed E-state index contributed by atoms with van der Waals surface area (Å²) in [6, 6.07) is 9.47. The Hall–Kier alpha value is -1.59. The molecule has 0 amide bonds. The zero-order chi connectivity index (χ0) is 12.8. The van der Waals surface area contributed by atoms with Crippen LogP contribution in [0.1, 0.15) is 12.5 Å². The van der Waals surface area contributed by atoms with Crippen LogP contribution in [-0.2, 0) is 20.8 Å². The van der Waals surface area contributed by atoms with Gasteiger partial charge in [-0.1, -0.05) is 37.3 Å². The molecule has 5 heteroatoms. The minimum absolute atomic E-state index is 0.0110. The van der Waals surface area contributed by atoms with E-state index in [9.17, 15) is 4.79 Å². The molecule has 0 saturated carbocycles. The van der Waals surface area contributed by atoms with Crippen LogP contribution in [-0.4, -0.2) is 31.6 Å². The first-order valence-corrected chi connectivity index (χ1v) is 6.02. The van der Waals surface area contributed by atoms with Crippen molar-refractivity contribution in [3.05, 3.63) is 35.9 Å². The number of carbonyl (C=O) groups is 1. The predicted octanol–water partition coefficient (Wildman–Crippen LogP) is 1.67. The van der Waals surface area contributed by atoms with E-state index < -0.39 is 6.16 Å². The van der Waals surface area contributed by atoms with Crippen LogP contribution in [0.2, 0.25) is 0 Å². The van der Waals surface area contributed by atoms with Gasteiger partial charge in [0.25, 0.3) is 0 Å². The van der Waals surface area contributed by atoms with Crippen molar-refractivity contribution in [2.24, 2.45) is 0 Å². The first-order chi connectivity index (χ1) is 8.79. The van der Waals surface area contributed by atoms with E-state index in [0.717, 1.165) is 12.1 Å². The number of likely N-dealkylation sites (N-methyl/N-ethyl adjacent to an activating group) is 1. The van der Waals surface area contributed by atoms with Gasteiger partial charge in [0.05, 0.1) is 0 Å². The SMILES string of the molecule is CCNC1OC1COC(=O)OCc1ccccc1. The van der Waals surface area contributed by atoms with Gasteiger partial charge in [-0.3, -0.25) is 5.32 Å². The van der Waals surface area contributed by atoms with E-state index >= 15 is 0 Å². The van der Waals surface area contributed by atoms with Crippen LogP contribution in [0.3, 0.4) is 0 Å². The van der Waals surface area contributed by atoms with Gasteiger partial charge in [-0.05, 0) is 12.1 Å². The van der Waals surface area contributed by atoms with Crippen LogP contribution in [0.15, 0.2) is 30.3 Å². The van der Waals surface area contributed by atoms with Crippen LogP contribution in [0.5, 0.6) is 0 Å². The van der Waals surface area contributed by atoms with Crippen molar-refractivity contribution in [3.63, 3.8) is 0 Å². The molecule has 1 heterocycles. The molecular weight excluding hydrogens is 234 g/mol. The zero-order valence-electron chi connectivity index (χ0n) is 10.3. The summed E-state index contributed by atoms with van der Waals surface area (Å²) in [4.78, 5) is 11.3. The number of benzene rings is 1. The quantitative estimate of drug-likeness (QED) is 0.615. The number of hydrogen-bond donors (Lipinski definition) is 1. The third-order valence-electron chi connectivity index (χ3n) is 2.55. The average molecular weight is 251 g/mol. The van der Waals surface area contributed by atoms with Crippen LogP contribution in [0.4, 0.5) is 4.79 Å². The second-order valence-corrected chi connectivity index (χ2v) is 3.99. The maximum absolute atomic E-state index is 11.3. The topological polar surface area (TPSA) is 60.1 Å². The molecule has 2 rings (SSSR count). The molecule has 1 N–H and O–H groups in total. The molecule has 0 spiro atoms. The number of rotatable bonds is 6. The van der Waals surface area contributed by atoms with Gasteiger partial charge in [0.2, 0.25) is 0 Å². The molecule has 1 fully saturated rings. The van der Waals surface area contributed by atoms with E-state index in [1.165, 1.54) is 0 Å². The lowest BCUT2D eigenvalue weighted by molar-refractivity contribution is 0.0454. The Balaban J connectivity index is 1.59.